The summed E-state index contributed by atoms with van der Waals surface area (Å²) in [4.78, 5) is 11.4. The van der Waals surface area contributed by atoms with Crippen LogP contribution >= 0.6 is 11.6 Å². The Balaban J connectivity index is 2.32. The van der Waals surface area contributed by atoms with Crippen molar-refractivity contribution >= 4 is 17.6 Å². The fourth-order valence-corrected chi connectivity index (χ4v) is 1.47. The van der Waals surface area contributed by atoms with Crippen molar-refractivity contribution in [2.45, 2.75) is 0 Å². The van der Waals surface area contributed by atoms with Crippen LogP contribution in [0.1, 0.15) is 10.6 Å². The summed E-state index contributed by atoms with van der Waals surface area (Å²) in [6, 6.07) is 5.76. The number of hydrogen-bond acceptors (Lipinski definition) is 5. The third-order valence-electron chi connectivity index (χ3n) is 2.14. The number of esters is 1. The van der Waals surface area contributed by atoms with E-state index in [2.05, 4.69) is 4.74 Å². The van der Waals surface area contributed by atoms with E-state index in [-0.39, 0.29) is 23.0 Å². The number of phenols is 1. The van der Waals surface area contributed by atoms with Crippen molar-refractivity contribution < 1.29 is 23.8 Å². The normalized spacial score (nSPS) is 10.1. The molecule has 0 saturated heterocycles. The van der Waals surface area contributed by atoms with Crippen molar-refractivity contribution in [2.75, 3.05) is 7.11 Å². The highest BCUT2D eigenvalue weighted by Gasteiger charge is 2.18. The van der Waals surface area contributed by atoms with E-state index < -0.39 is 5.97 Å². The second kappa shape index (κ2) is 5.01. The van der Waals surface area contributed by atoms with E-state index in [0.717, 1.165) is 0 Å². The van der Waals surface area contributed by atoms with Gasteiger partial charge in [0, 0.05) is 17.2 Å². The van der Waals surface area contributed by atoms with Crippen LogP contribution in [-0.2, 0) is 4.74 Å². The van der Waals surface area contributed by atoms with Gasteiger partial charge in [-0.05, 0) is 12.1 Å². The molecule has 2 aromatic rings. The van der Waals surface area contributed by atoms with Gasteiger partial charge in [0.25, 0.3) is 5.76 Å². The highest BCUT2D eigenvalue weighted by Crippen LogP contribution is 2.34. The van der Waals surface area contributed by atoms with Gasteiger partial charge < -0.3 is 19.0 Å². The molecule has 0 unspecified atom stereocenters. The van der Waals surface area contributed by atoms with E-state index in [9.17, 15) is 9.90 Å². The molecular formula is C12H9ClO5. The Bertz CT molecular complexity index is 576. The first kappa shape index (κ1) is 12.3. The molecule has 18 heavy (non-hydrogen) atoms. The zero-order chi connectivity index (χ0) is 13.1. The molecule has 5 nitrogen and oxygen atoms in total. The van der Waals surface area contributed by atoms with Crippen molar-refractivity contribution in [3.63, 3.8) is 0 Å². The van der Waals surface area contributed by atoms with E-state index in [1.807, 2.05) is 0 Å². The predicted molar refractivity (Wildman–Crippen MR) is 63.2 cm³/mol. The molecule has 0 aliphatic rings. The molecule has 6 heteroatoms. The average Bonchev–Trinajstić information content (AvgIpc) is 2.81. The first-order valence-corrected chi connectivity index (χ1v) is 5.32. The van der Waals surface area contributed by atoms with Crippen LogP contribution in [0, 0.1) is 0 Å². The summed E-state index contributed by atoms with van der Waals surface area (Å²) in [6.07, 6.45) is 1.28. The summed E-state index contributed by atoms with van der Waals surface area (Å²) >= 11 is 5.78. The maximum atomic E-state index is 11.4. The molecule has 0 fully saturated rings. The fourth-order valence-electron chi connectivity index (χ4n) is 1.31. The van der Waals surface area contributed by atoms with Crippen molar-refractivity contribution in [2.24, 2.45) is 0 Å². The number of benzene rings is 1. The van der Waals surface area contributed by atoms with Gasteiger partial charge in [-0.2, -0.15) is 0 Å². The summed E-state index contributed by atoms with van der Waals surface area (Å²) < 4.78 is 14.8. The molecule has 0 radical (unpaired) electrons. The Morgan fingerprint density at radius 3 is 2.83 bits per heavy atom. The van der Waals surface area contributed by atoms with E-state index in [0.29, 0.717) is 5.02 Å². The molecule has 0 aliphatic carbocycles. The molecule has 0 amide bonds. The maximum absolute atomic E-state index is 11.4. The minimum Gasteiger partial charge on any atom is -0.504 e. The Hall–Kier alpha value is -2.14. The molecule has 1 aromatic heterocycles. The number of hydrogen-bond donors (Lipinski definition) is 1. The Kier molecular flexibility index (Phi) is 3.43. The Morgan fingerprint density at radius 1 is 1.33 bits per heavy atom. The van der Waals surface area contributed by atoms with E-state index in [1.54, 1.807) is 0 Å². The van der Waals surface area contributed by atoms with Crippen LogP contribution in [-0.4, -0.2) is 18.2 Å². The molecular weight excluding hydrogens is 260 g/mol. The minimum atomic E-state index is -0.670. The van der Waals surface area contributed by atoms with Crippen molar-refractivity contribution in [3.05, 3.63) is 41.3 Å². The highest BCUT2D eigenvalue weighted by atomic mass is 35.5. The van der Waals surface area contributed by atoms with Gasteiger partial charge in [0.15, 0.2) is 17.2 Å². The number of carbonyl (C=O) groups excluding carboxylic acids is 1. The standard InChI is InChI=1S/C12H9ClO5/c1-16-12(15)11-9(4-5-17-11)18-10-6-7(13)2-3-8(10)14/h2-6,14H,1H3. The number of halogens is 1. The number of rotatable bonds is 3. The summed E-state index contributed by atoms with van der Waals surface area (Å²) in [5.41, 5.74) is 0. The van der Waals surface area contributed by atoms with Gasteiger partial charge in [-0.15, -0.1) is 0 Å². The van der Waals surface area contributed by atoms with E-state index >= 15 is 0 Å². The van der Waals surface area contributed by atoms with E-state index in [4.69, 9.17) is 20.8 Å². The number of furan rings is 1. The second-order valence-corrected chi connectivity index (χ2v) is 3.76. The quantitative estimate of drug-likeness (QED) is 0.866. The molecule has 0 saturated carbocycles. The van der Waals surface area contributed by atoms with Gasteiger partial charge in [0.1, 0.15) is 0 Å². The lowest BCUT2D eigenvalue weighted by atomic mass is 10.3. The number of ether oxygens (including phenoxy) is 2. The van der Waals surface area contributed by atoms with Crippen LogP contribution in [0.4, 0.5) is 0 Å². The minimum absolute atomic E-state index is 0.0862. The second-order valence-electron chi connectivity index (χ2n) is 3.32. The van der Waals surface area contributed by atoms with Gasteiger partial charge in [0.2, 0.25) is 0 Å². The zero-order valence-corrected chi connectivity index (χ0v) is 10.1. The fraction of sp³-hybridized carbons (Fsp3) is 0.0833. The monoisotopic (exact) mass is 268 g/mol. The number of carbonyl (C=O) groups is 1. The average molecular weight is 269 g/mol. The third kappa shape index (κ3) is 2.41. The first-order valence-electron chi connectivity index (χ1n) is 4.94. The smallest absolute Gasteiger partial charge is 0.377 e. The molecule has 1 heterocycles. The first-order chi connectivity index (χ1) is 8.61. The van der Waals surface area contributed by atoms with Gasteiger partial charge in [-0.1, -0.05) is 11.6 Å². The van der Waals surface area contributed by atoms with Crippen LogP contribution in [0.5, 0.6) is 17.2 Å². The van der Waals surface area contributed by atoms with Crippen molar-refractivity contribution in [1.82, 2.24) is 0 Å². The Labute approximate surface area is 107 Å². The number of phenolic OH excluding ortho intramolecular Hbond substituents is 1. The largest absolute Gasteiger partial charge is 0.504 e. The zero-order valence-electron chi connectivity index (χ0n) is 9.34. The molecule has 2 rings (SSSR count). The Morgan fingerprint density at radius 2 is 2.11 bits per heavy atom. The summed E-state index contributed by atoms with van der Waals surface area (Å²) in [7, 11) is 1.23. The molecule has 1 N–H and O–H groups in total. The molecule has 0 aliphatic heterocycles. The van der Waals surface area contributed by atoms with Gasteiger partial charge >= 0.3 is 5.97 Å². The molecule has 0 atom stereocenters. The van der Waals surface area contributed by atoms with Crippen LogP contribution in [0.15, 0.2) is 34.9 Å². The number of aromatic hydroxyl groups is 1. The number of methoxy groups -OCH3 is 1. The lowest BCUT2D eigenvalue weighted by Crippen LogP contribution is -2.01. The van der Waals surface area contributed by atoms with Crippen molar-refractivity contribution in [3.8, 4) is 17.2 Å². The van der Waals surface area contributed by atoms with Crippen LogP contribution < -0.4 is 4.74 Å². The summed E-state index contributed by atoms with van der Waals surface area (Å²) in [5, 5.41) is 9.98. The van der Waals surface area contributed by atoms with Crippen LogP contribution in [0.25, 0.3) is 0 Å². The van der Waals surface area contributed by atoms with Crippen LogP contribution in [0.3, 0.4) is 0 Å². The summed E-state index contributed by atoms with van der Waals surface area (Å²) in [6.45, 7) is 0. The maximum Gasteiger partial charge on any atom is 0.377 e. The SMILES string of the molecule is COC(=O)c1occc1Oc1cc(Cl)ccc1O. The summed E-state index contributed by atoms with van der Waals surface area (Å²) in [5.74, 6) is -0.599. The topological polar surface area (TPSA) is 68.9 Å². The van der Waals surface area contributed by atoms with E-state index in [1.165, 1.54) is 37.6 Å². The van der Waals surface area contributed by atoms with Gasteiger partial charge in [-0.3, -0.25) is 0 Å². The highest BCUT2D eigenvalue weighted by molar-refractivity contribution is 6.30. The lowest BCUT2D eigenvalue weighted by molar-refractivity contribution is 0.0561. The van der Waals surface area contributed by atoms with Crippen LogP contribution in [0.2, 0.25) is 5.02 Å². The third-order valence-corrected chi connectivity index (χ3v) is 2.38. The molecule has 0 bridgehead atoms. The lowest BCUT2D eigenvalue weighted by Gasteiger charge is -2.07. The predicted octanol–water partition coefficient (Wildman–Crippen LogP) is 3.22. The van der Waals surface area contributed by atoms with Gasteiger partial charge in [0.05, 0.1) is 13.4 Å². The van der Waals surface area contributed by atoms with Crippen molar-refractivity contribution in [1.29, 1.82) is 0 Å². The molecule has 0 spiro atoms. The molecule has 1 aromatic carbocycles. The molecule has 94 valence electrons. The van der Waals surface area contributed by atoms with Gasteiger partial charge in [-0.25, -0.2) is 4.79 Å².